The monoisotopic (exact) mass is 521 g/mol. The summed E-state index contributed by atoms with van der Waals surface area (Å²) in [4.78, 5) is 36.0. The average Bonchev–Trinajstić information content (AvgIpc) is 3.15. The van der Waals surface area contributed by atoms with Crippen molar-refractivity contribution in [3.8, 4) is 11.5 Å². The summed E-state index contributed by atoms with van der Waals surface area (Å²) in [6, 6.07) is 19.7. The van der Waals surface area contributed by atoms with Gasteiger partial charge in [0.1, 0.15) is 18.1 Å². The van der Waals surface area contributed by atoms with Gasteiger partial charge in [0.25, 0.3) is 17.5 Å². The first-order valence-electron chi connectivity index (χ1n) is 10.5. The van der Waals surface area contributed by atoms with Gasteiger partial charge in [-0.25, -0.2) is 0 Å². The molecule has 0 aromatic heterocycles. The van der Waals surface area contributed by atoms with Gasteiger partial charge in [0, 0.05) is 17.7 Å². The molecule has 0 aliphatic carbocycles. The highest BCUT2D eigenvalue weighted by Crippen LogP contribution is 2.32. The lowest BCUT2D eigenvalue weighted by Crippen LogP contribution is -2.44. The van der Waals surface area contributed by atoms with Crippen LogP contribution < -0.4 is 14.9 Å². The second-order valence-corrected chi connectivity index (χ2v) is 9.14. The molecule has 1 fully saturated rings. The SMILES string of the molecule is COc1ccc(C(=O)NN2C(=O)/C(=C\c3ccc(OCc4ccc([N+](=O)[O-])cc4)cc3)SC2=S)cc1. The largest absolute Gasteiger partial charge is 0.497 e. The van der Waals surface area contributed by atoms with E-state index in [0.717, 1.165) is 27.9 Å². The van der Waals surface area contributed by atoms with Gasteiger partial charge in [-0.15, -0.1) is 0 Å². The van der Waals surface area contributed by atoms with Gasteiger partial charge in [-0.2, -0.15) is 5.01 Å². The maximum absolute atomic E-state index is 12.8. The lowest BCUT2D eigenvalue weighted by atomic mass is 10.2. The number of hydrogen-bond donors (Lipinski definition) is 1. The van der Waals surface area contributed by atoms with Crippen LogP contribution in [0.2, 0.25) is 0 Å². The van der Waals surface area contributed by atoms with Crippen LogP contribution in [0.1, 0.15) is 21.5 Å². The standard InChI is InChI=1S/C25H19N3O6S2/c1-33-20-12-6-18(7-13-20)23(29)26-27-24(30)22(36-25(27)35)14-16-4-10-21(11-5-16)34-15-17-2-8-19(9-3-17)28(31)32/h2-14H,15H2,1H3,(H,26,29)/b22-14+. The van der Waals surface area contributed by atoms with Crippen LogP contribution in [-0.2, 0) is 11.4 Å². The van der Waals surface area contributed by atoms with Crippen LogP contribution in [0, 0.1) is 10.1 Å². The Morgan fingerprint density at radius 2 is 1.69 bits per heavy atom. The molecule has 3 aromatic carbocycles. The highest BCUT2D eigenvalue weighted by atomic mass is 32.2. The molecule has 1 saturated heterocycles. The maximum Gasteiger partial charge on any atom is 0.285 e. The van der Waals surface area contributed by atoms with Crippen LogP contribution in [0.5, 0.6) is 11.5 Å². The van der Waals surface area contributed by atoms with Gasteiger partial charge < -0.3 is 9.47 Å². The smallest absolute Gasteiger partial charge is 0.285 e. The van der Waals surface area contributed by atoms with Crippen molar-refractivity contribution in [3.05, 3.63) is 105 Å². The molecule has 3 aromatic rings. The van der Waals surface area contributed by atoms with E-state index in [1.54, 1.807) is 66.7 Å². The molecule has 182 valence electrons. The summed E-state index contributed by atoms with van der Waals surface area (Å²) in [5.74, 6) is 0.322. The highest BCUT2D eigenvalue weighted by Gasteiger charge is 2.33. The van der Waals surface area contributed by atoms with Crippen molar-refractivity contribution in [2.45, 2.75) is 6.61 Å². The van der Waals surface area contributed by atoms with Crippen molar-refractivity contribution in [2.75, 3.05) is 7.11 Å². The summed E-state index contributed by atoms with van der Waals surface area (Å²) in [6.45, 7) is 0.254. The number of nitrogens with one attached hydrogen (secondary N) is 1. The molecule has 0 atom stereocenters. The van der Waals surface area contributed by atoms with Crippen molar-refractivity contribution < 1.29 is 24.0 Å². The van der Waals surface area contributed by atoms with Gasteiger partial charge >= 0.3 is 0 Å². The molecule has 1 aliphatic heterocycles. The quantitative estimate of drug-likeness (QED) is 0.196. The number of carbonyl (C=O) groups is 2. The fourth-order valence-corrected chi connectivity index (χ4v) is 4.34. The Kier molecular flexibility index (Phi) is 7.62. The van der Waals surface area contributed by atoms with E-state index in [2.05, 4.69) is 5.43 Å². The average molecular weight is 522 g/mol. The van der Waals surface area contributed by atoms with E-state index in [1.165, 1.54) is 19.2 Å². The molecule has 1 heterocycles. The Morgan fingerprint density at radius 3 is 2.31 bits per heavy atom. The van der Waals surface area contributed by atoms with E-state index >= 15 is 0 Å². The maximum atomic E-state index is 12.8. The van der Waals surface area contributed by atoms with Gasteiger partial charge in [0.2, 0.25) is 0 Å². The summed E-state index contributed by atoms with van der Waals surface area (Å²) in [7, 11) is 1.53. The number of nitrogens with zero attached hydrogens (tertiary/aromatic N) is 2. The van der Waals surface area contributed by atoms with Crippen molar-refractivity contribution in [1.82, 2.24) is 10.4 Å². The Bertz CT molecular complexity index is 1340. The molecule has 0 spiro atoms. The molecule has 1 N–H and O–H groups in total. The van der Waals surface area contributed by atoms with Crippen LogP contribution in [-0.4, -0.2) is 33.2 Å². The topological polar surface area (TPSA) is 111 Å². The lowest BCUT2D eigenvalue weighted by molar-refractivity contribution is -0.384. The molecule has 11 heteroatoms. The number of thiocarbonyl (C=S) groups is 1. The van der Waals surface area contributed by atoms with E-state index in [0.29, 0.717) is 22.0 Å². The minimum atomic E-state index is -0.468. The second kappa shape index (κ2) is 11.0. The third-order valence-corrected chi connectivity index (χ3v) is 6.39. The third kappa shape index (κ3) is 5.88. The number of hydrazine groups is 1. The van der Waals surface area contributed by atoms with Crippen LogP contribution in [0.15, 0.2) is 77.7 Å². The third-order valence-electron chi connectivity index (χ3n) is 5.09. The molecule has 0 bridgehead atoms. The number of carbonyl (C=O) groups excluding carboxylic acids is 2. The number of benzene rings is 3. The zero-order chi connectivity index (χ0) is 25.7. The molecule has 4 rings (SSSR count). The van der Waals surface area contributed by atoms with E-state index in [1.807, 2.05) is 0 Å². The number of amides is 2. The normalized spacial score (nSPS) is 14.1. The van der Waals surface area contributed by atoms with Gasteiger partial charge in [0.15, 0.2) is 4.32 Å². The summed E-state index contributed by atoms with van der Waals surface area (Å²) in [5.41, 5.74) is 4.47. The Labute approximate surface area is 215 Å². The Balaban J connectivity index is 1.36. The molecule has 0 unspecified atom stereocenters. The molecule has 36 heavy (non-hydrogen) atoms. The highest BCUT2D eigenvalue weighted by molar-refractivity contribution is 8.26. The number of non-ortho nitro benzene ring substituents is 1. The first-order valence-corrected chi connectivity index (χ1v) is 11.8. The van der Waals surface area contributed by atoms with Crippen LogP contribution in [0.3, 0.4) is 0 Å². The molecule has 0 saturated carbocycles. The summed E-state index contributed by atoms with van der Waals surface area (Å²) in [6.07, 6.45) is 1.68. The minimum absolute atomic E-state index is 0.0221. The van der Waals surface area contributed by atoms with Gasteiger partial charge in [-0.05, 0) is 78.0 Å². The number of nitro benzene ring substituents is 1. The van der Waals surface area contributed by atoms with Crippen molar-refractivity contribution in [2.24, 2.45) is 0 Å². The summed E-state index contributed by atoms with van der Waals surface area (Å²) in [5, 5.41) is 11.8. The first kappa shape index (κ1) is 24.9. The number of thioether (sulfide) groups is 1. The fourth-order valence-electron chi connectivity index (χ4n) is 3.16. The summed E-state index contributed by atoms with van der Waals surface area (Å²) < 4.78 is 11.0. The van der Waals surface area contributed by atoms with Gasteiger partial charge in [0.05, 0.1) is 16.9 Å². The molecule has 1 aliphatic rings. The lowest BCUT2D eigenvalue weighted by Gasteiger charge is -2.15. The molecule has 2 amide bonds. The van der Waals surface area contributed by atoms with Crippen molar-refractivity contribution >= 4 is 51.9 Å². The van der Waals surface area contributed by atoms with Gasteiger partial charge in [-0.1, -0.05) is 23.9 Å². The molecule has 0 radical (unpaired) electrons. The fraction of sp³-hybridized carbons (Fsp3) is 0.0800. The number of hydrogen-bond acceptors (Lipinski definition) is 8. The number of rotatable bonds is 8. The molecular weight excluding hydrogens is 502 g/mol. The van der Waals surface area contributed by atoms with Crippen LogP contribution in [0.4, 0.5) is 5.69 Å². The van der Waals surface area contributed by atoms with Crippen LogP contribution in [0.25, 0.3) is 6.08 Å². The Hall–Kier alpha value is -4.22. The number of ether oxygens (including phenoxy) is 2. The molecule has 9 nitrogen and oxygen atoms in total. The van der Waals surface area contributed by atoms with Gasteiger partial charge in [-0.3, -0.25) is 25.1 Å². The van der Waals surface area contributed by atoms with Crippen molar-refractivity contribution in [1.29, 1.82) is 0 Å². The summed E-state index contributed by atoms with van der Waals surface area (Å²) >= 11 is 6.37. The first-order chi connectivity index (χ1) is 17.3. The zero-order valence-corrected chi connectivity index (χ0v) is 20.5. The van der Waals surface area contributed by atoms with E-state index in [-0.39, 0.29) is 16.6 Å². The van der Waals surface area contributed by atoms with E-state index in [9.17, 15) is 19.7 Å². The second-order valence-electron chi connectivity index (χ2n) is 7.47. The van der Waals surface area contributed by atoms with Crippen LogP contribution >= 0.6 is 24.0 Å². The predicted molar refractivity (Wildman–Crippen MR) is 139 cm³/mol. The van der Waals surface area contributed by atoms with Crippen molar-refractivity contribution in [3.63, 3.8) is 0 Å². The molecular formula is C25H19N3O6S2. The zero-order valence-electron chi connectivity index (χ0n) is 18.9. The Morgan fingerprint density at radius 1 is 1.06 bits per heavy atom. The number of methoxy groups -OCH3 is 1. The number of nitro groups is 1. The predicted octanol–water partition coefficient (Wildman–Crippen LogP) is 4.73. The van der Waals surface area contributed by atoms with E-state index < -0.39 is 16.7 Å². The van der Waals surface area contributed by atoms with E-state index in [4.69, 9.17) is 21.7 Å². The minimum Gasteiger partial charge on any atom is -0.497 e.